The van der Waals surface area contributed by atoms with Crippen LogP contribution in [0.2, 0.25) is 0 Å². The van der Waals surface area contributed by atoms with Crippen LogP contribution < -0.4 is 0 Å². The van der Waals surface area contributed by atoms with Gasteiger partial charge >= 0.3 is 0 Å². The van der Waals surface area contributed by atoms with E-state index in [1.807, 2.05) is 4.90 Å². The van der Waals surface area contributed by atoms with Crippen molar-refractivity contribution in [3.8, 4) is 0 Å². The molecular weight excluding hydrogens is 322 g/mol. The molecule has 0 radical (unpaired) electrons. The molecule has 0 N–H and O–H groups in total. The summed E-state index contributed by atoms with van der Waals surface area (Å²) >= 11 is 0. The van der Waals surface area contributed by atoms with Crippen LogP contribution in [-0.4, -0.2) is 28.6 Å². The minimum Gasteiger partial charge on any atom is -0.360 e. The van der Waals surface area contributed by atoms with Crippen LogP contribution >= 0.6 is 0 Å². The number of benzene rings is 1. The molecule has 3 heteroatoms. The Hall–Kier alpha value is -1.61. The van der Waals surface area contributed by atoms with Crippen LogP contribution in [0.4, 0.5) is 0 Å². The van der Waals surface area contributed by atoms with Gasteiger partial charge in [0.15, 0.2) is 6.10 Å². The molecule has 2 aliphatic heterocycles. The molecule has 3 nitrogen and oxygen atoms in total. The zero-order valence-corrected chi connectivity index (χ0v) is 16.0. The molecule has 7 atom stereocenters. The van der Waals surface area contributed by atoms with Crippen molar-refractivity contribution in [2.45, 2.75) is 57.8 Å². The van der Waals surface area contributed by atoms with Crippen LogP contribution in [0.3, 0.4) is 0 Å². The van der Waals surface area contributed by atoms with Gasteiger partial charge in [-0.3, -0.25) is 4.79 Å². The van der Waals surface area contributed by atoms with E-state index in [9.17, 15) is 4.79 Å². The first-order valence-electron chi connectivity index (χ1n) is 10.0. The molecule has 138 valence electrons. The third-order valence-corrected chi connectivity index (χ3v) is 8.20. The number of amides is 1. The van der Waals surface area contributed by atoms with Gasteiger partial charge in [0.05, 0.1) is 11.6 Å². The van der Waals surface area contributed by atoms with Gasteiger partial charge in [-0.15, -0.1) is 0 Å². The number of carbonyl (C=O) groups is 1. The normalized spacial score (nSPS) is 45.0. The van der Waals surface area contributed by atoms with Crippen LogP contribution in [0.5, 0.6) is 0 Å². The summed E-state index contributed by atoms with van der Waals surface area (Å²) in [5.74, 6) is 2.60. The Balaban J connectivity index is 1.51. The molecule has 5 rings (SSSR count). The lowest BCUT2D eigenvalue weighted by Gasteiger charge is -2.61. The van der Waals surface area contributed by atoms with E-state index in [1.54, 1.807) is 6.20 Å². The van der Waals surface area contributed by atoms with Crippen LogP contribution in [0.25, 0.3) is 0 Å². The van der Waals surface area contributed by atoms with Crippen molar-refractivity contribution in [3.05, 3.63) is 48.7 Å². The number of nitrogens with zero attached hydrogens (tertiary/aromatic N) is 1. The fourth-order valence-electron chi connectivity index (χ4n) is 6.55. The minimum atomic E-state index is -0.277. The smallest absolute Gasteiger partial charge is 0.258 e. The summed E-state index contributed by atoms with van der Waals surface area (Å²) in [5.41, 5.74) is 1.63. The highest BCUT2D eigenvalue weighted by Gasteiger charge is 2.70. The Morgan fingerprint density at radius 1 is 1.19 bits per heavy atom. The summed E-state index contributed by atoms with van der Waals surface area (Å²) in [7, 11) is 0. The van der Waals surface area contributed by atoms with Gasteiger partial charge in [0.2, 0.25) is 0 Å². The van der Waals surface area contributed by atoms with Crippen LogP contribution in [0.1, 0.15) is 39.2 Å². The standard InChI is InChI=1S/C23H29NO2/c1-5-24-19-15(11-14-9-7-6-8-10-14)16-12-17-18(22(17,2)3)13-23(16,4)26-20(19)21(24)25/h5-10,15-20H,1,11-13H2,2-4H3/t15-,16?,17+,18-,19+,20-,23+/m0/s1. The topological polar surface area (TPSA) is 29.5 Å². The van der Waals surface area contributed by atoms with Crippen molar-refractivity contribution in [1.82, 2.24) is 4.90 Å². The van der Waals surface area contributed by atoms with Gasteiger partial charge in [0, 0.05) is 6.20 Å². The molecule has 2 heterocycles. The first-order chi connectivity index (χ1) is 12.4. The van der Waals surface area contributed by atoms with E-state index >= 15 is 0 Å². The Labute approximate surface area is 156 Å². The van der Waals surface area contributed by atoms with E-state index in [0.717, 1.165) is 24.7 Å². The van der Waals surface area contributed by atoms with Gasteiger partial charge in [-0.2, -0.15) is 0 Å². The number of fused-ring (bicyclic) bond motifs is 3. The number of ether oxygens (including phenoxy) is 1. The molecule has 1 amide bonds. The summed E-state index contributed by atoms with van der Waals surface area (Å²) < 4.78 is 6.54. The second-order valence-electron chi connectivity index (χ2n) is 9.70. The molecule has 0 aromatic heterocycles. The largest absolute Gasteiger partial charge is 0.360 e. The van der Waals surface area contributed by atoms with E-state index < -0.39 is 0 Å². The van der Waals surface area contributed by atoms with Crippen molar-refractivity contribution < 1.29 is 9.53 Å². The average Bonchev–Trinajstić information content (AvgIpc) is 3.14. The third-order valence-electron chi connectivity index (χ3n) is 8.20. The van der Waals surface area contributed by atoms with Crippen molar-refractivity contribution in [3.63, 3.8) is 0 Å². The van der Waals surface area contributed by atoms with E-state index in [1.165, 1.54) is 12.0 Å². The first kappa shape index (κ1) is 16.6. The number of hydrogen-bond donors (Lipinski definition) is 0. The number of hydrogen-bond acceptors (Lipinski definition) is 2. The maximum atomic E-state index is 12.6. The second-order valence-corrected chi connectivity index (χ2v) is 9.70. The fourth-order valence-corrected chi connectivity index (χ4v) is 6.55. The van der Waals surface area contributed by atoms with Crippen LogP contribution in [0.15, 0.2) is 43.1 Å². The van der Waals surface area contributed by atoms with Crippen molar-refractivity contribution in [2.75, 3.05) is 0 Å². The molecule has 0 spiro atoms. The summed E-state index contributed by atoms with van der Waals surface area (Å²) in [6, 6.07) is 10.9. The fraction of sp³-hybridized carbons (Fsp3) is 0.609. The molecule has 1 unspecified atom stereocenters. The number of likely N-dealkylation sites (tertiary alicyclic amines) is 1. The van der Waals surface area contributed by atoms with Gasteiger partial charge in [0.25, 0.3) is 5.91 Å². The van der Waals surface area contributed by atoms with E-state index in [4.69, 9.17) is 4.74 Å². The summed E-state index contributed by atoms with van der Waals surface area (Å²) in [6.45, 7) is 11.0. The quantitative estimate of drug-likeness (QED) is 0.769. The maximum absolute atomic E-state index is 12.6. The van der Waals surface area contributed by atoms with E-state index in [-0.39, 0.29) is 23.7 Å². The Bertz CT molecular complexity index is 757. The van der Waals surface area contributed by atoms with Gasteiger partial charge in [-0.1, -0.05) is 50.8 Å². The molecule has 1 aromatic rings. The lowest BCUT2D eigenvalue weighted by atomic mass is 9.61. The zero-order valence-electron chi connectivity index (χ0n) is 16.0. The van der Waals surface area contributed by atoms with E-state index in [2.05, 4.69) is 57.7 Å². The van der Waals surface area contributed by atoms with Gasteiger partial charge in [0.1, 0.15) is 0 Å². The molecule has 1 aromatic carbocycles. The lowest BCUT2D eigenvalue weighted by Crippen LogP contribution is -2.74. The van der Waals surface area contributed by atoms with Crippen molar-refractivity contribution in [1.29, 1.82) is 0 Å². The molecule has 4 aliphatic rings. The molecule has 2 aliphatic carbocycles. The molecule has 4 fully saturated rings. The van der Waals surface area contributed by atoms with Gasteiger partial charge in [-0.05, 0) is 60.8 Å². The monoisotopic (exact) mass is 351 g/mol. The van der Waals surface area contributed by atoms with Crippen LogP contribution in [0, 0.1) is 29.1 Å². The number of rotatable bonds is 3. The summed E-state index contributed by atoms with van der Waals surface area (Å²) in [6.07, 6.45) is 4.78. The molecule has 2 saturated carbocycles. The second kappa shape index (κ2) is 5.22. The minimum absolute atomic E-state index is 0.0971. The predicted molar refractivity (Wildman–Crippen MR) is 101 cm³/mol. The maximum Gasteiger partial charge on any atom is 0.258 e. The highest BCUT2D eigenvalue weighted by molar-refractivity contribution is 5.89. The SMILES string of the molecule is C=CN1C(=O)[C@H]2O[C@]3(C)C[C@H]4[C@@H](CC3[C@H](Cc3ccccc3)[C@H]21)C4(C)C. The molecular formula is C23H29NO2. The third kappa shape index (κ3) is 2.07. The molecule has 26 heavy (non-hydrogen) atoms. The Morgan fingerprint density at radius 3 is 2.62 bits per heavy atom. The number of β-lactam (4-membered cyclic amide) rings is 1. The Morgan fingerprint density at radius 2 is 1.92 bits per heavy atom. The van der Waals surface area contributed by atoms with Gasteiger partial charge in [-0.25, -0.2) is 0 Å². The highest BCUT2D eigenvalue weighted by Crippen LogP contribution is 2.70. The highest BCUT2D eigenvalue weighted by atomic mass is 16.5. The van der Waals surface area contributed by atoms with E-state index in [0.29, 0.717) is 17.3 Å². The predicted octanol–water partition coefficient (Wildman–Crippen LogP) is 4.04. The van der Waals surface area contributed by atoms with Crippen LogP contribution in [-0.2, 0) is 16.0 Å². The molecule has 2 saturated heterocycles. The lowest BCUT2D eigenvalue weighted by molar-refractivity contribution is -0.249. The van der Waals surface area contributed by atoms with Crippen molar-refractivity contribution in [2.24, 2.45) is 29.1 Å². The molecule has 0 bridgehead atoms. The average molecular weight is 351 g/mol. The summed E-state index contributed by atoms with van der Waals surface area (Å²) in [4.78, 5) is 14.4. The summed E-state index contributed by atoms with van der Waals surface area (Å²) in [5, 5.41) is 0. The Kier molecular flexibility index (Phi) is 3.32. The first-order valence-corrected chi connectivity index (χ1v) is 10.0. The number of carbonyl (C=O) groups excluding carboxylic acids is 1. The zero-order chi connectivity index (χ0) is 18.3. The van der Waals surface area contributed by atoms with Crippen molar-refractivity contribution >= 4 is 5.91 Å². The van der Waals surface area contributed by atoms with Gasteiger partial charge < -0.3 is 9.64 Å².